The monoisotopic (exact) mass is 540 g/mol. The van der Waals surface area contributed by atoms with Crippen LogP contribution >= 0.6 is 15.9 Å². The van der Waals surface area contributed by atoms with Crippen molar-refractivity contribution in [2.75, 3.05) is 14.2 Å². The van der Waals surface area contributed by atoms with E-state index in [4.69, 9.17) is 18.3 Å². The molecule has 0 spiro atoms. The molecule has 0 bridgehead atoms. The summed E-state index contributed by atoms with van der Waals surface area (Å²) in [6.45, 7) is 16.5. The van der Waals surface area contributed by atoms with E-state index in [2.05, 4.69) is 68.2 Å². The SMILES string of the molecule is C=C(Br)CC(CC#CC(CCc1ccc(C)o1)O[Si](C)(C)C(C)(C)C)(C(=O)OC)C(=O)OC. The maximum atomic E-state index is 12.6. The number of aryl methyl sites for hydroxylation is 2. The molecule has 0 saturated carbocycles. The summed E-state index contributed by atoms with van der Waals surface area (Å²) in [7, 11) is 0.352. The zero-order valence-electron chi connectivity index (χ0n) is 21.1. The Morgan fingerprint density at radius 2 is 1.76 bits per heavy atom. The molecule has 8 heteroatoms. The largest absolute Gasteiger partial charge is 0.468 e. The normalized spacial score (nSPS) is 13.0. The Morgan fingerprint density at radius 1 is 1.18 bits per heavy atom. The third kappa shape index (κ3) is 8.16. The van der Waals surface area contributed by atoms with E-state index in [9.17, 15) is 9.59 Å². The number of ether oxygens (including phenoxy) is 2. The first-order valence-electron chi connectivity index (χ1n) is 10.9. The number of halogens is 1. The summed E-state index contributed by atoms with van der Waals surface area (Å²) in [5.41, 5.74) is -1.60. The van der Waals surface area contributed by atoms with E-state index < -0.39 is 25.7 Å². The summed E-state index contributed by atoms with van der Waals surface area (Å²) >= 11 is 3.25. The number of methoxy groups -OCH3 is 2. The summed E-state index contributed by atoms with van der Waals surface area (Å²) in [4.78, 5) is 25.3. The number of esters is 2. The fourth-order valence-electron chi connectivity index (χ4n) is 3.05. The highest BCUT2D eigenvalue weighted by Crippen LogP contribution is 2.38. The third-order valence-electron chi connectivity index (χ3n) is 5.99. The van der Waals surface area contributed by atoms with Crippen molar-refractivity contribution in [2.24, 2.45) is 5.41 Å². The summed E-state index contributed by atoms with van der Waals surface area (Å²) in [5.74, 6) is 6.50. The van der Waals surface area contributed by atoms with E-state index in [1.165, 1.54) is 14.2 Å². The second-order valence-electron chi connectivity index (χ2n) is 9.68. The molecule has 6 nitrogen and oxygen atoms in total. The first-order valence-corrected chi connectivity index (χ1v) is 14.6. The molecule has 0 aliphatic heterocycles. The lowest BCUT2D eigenvalue weighted by atomic mass is 9.81. The van der Waals surface area contributed by atoms with Gasteiger partial charge in [-0.2, -0.15) is 0 Å². The molecule has 33 heavy (non-hydrogen) atoms. The molecule has 1 aromatic heterocycles. The Labute approximate surface area is 207 Å². The molecule has 0 fully saturated rings. The molecule has 0 aliphatic carbocycles. The lowest BCUT2D eigenvalue weighted by Gasteiger charge is -2.38. The van der Waals surface area contributed by atoms with E-state index in [1.54, 1.807) is 0 Å². The van der Waals surface area contributed by atoms with Crippen molar-refractivity contribution in [3.63, 3.8) is 0 Å². The maximum absolute atomic E-state index is 12.6. The Kier molecular flexibility index (Phi) is 10.7. The molecular weight excluding hydrogens is 504 g/mol. The Hall–Kier alpha value is -1.82. The van der Waals surface area contributed by atoms with Crippen molar-refractivity contribution in [2.45, 2.75) is 77.6 Å². The van der Waals surface area contributed by atoms with Gasteiger partial charge in [0.25, 0.3) is 0 Å². The van der Waals surface area contributed by atoms with Gasteiger partial charge >= 0.3 is 11.9 Å². The van der Waals surface area contributed by atoms with Crippen LogP contribution in [0.5, 0.6) is 0 Å². The van der Waals surface area contributed by atoms with Gasteiger partial charge in [0.05, 0.1) is 14.2 Å². The van der Waals surface area contributed by atoms with Gasteiger partial charge in [-0.1, -0.05) is 55.1 Å². The molecule has 1 atom stereocenters. The van der Waals surface area contributed by atoms with Gasteiger partial charge < -0.3 is 18.3 Å². The Morgan fingerprint density at radius 3 is 2.18 bits per heavy atom. The average Bonchev–Trinajstić information content (AvgIpc) is 3.13. The number of hydrogen-bond donors (Lipinski definition) is 0. The molecule has 1 heterocycles. The van der Waals surface area contributed by atoms with Gasteiger partial charge in [0.2, 0.25) is 0 Å². The molecule has 1 unspecified atom stereocenters. The van der Waals surface area contributed by atoms with E-state index >= 15 is 0 Å². The van der Waals surface area contributed by atoms with Crippen LogP contribution in [0.25, 0.3) is 0 Å². The predicted molar refractivity (Wildman–Crippen MR) is 135 cm³/mol. The molecule has 0 aromatic carbocycles. The second kappa shape index (κ2) is 12.0. The minimum atomic E-state index is -2.12. The van der Waals surface area contributed by atoms with Crippen molar-refractivity contribution in [1.82, 2.24) is 0 Å². The molecule has 1 rings (SSSR count). The van der Waals surface area contributed by atoms with Gasteiger partial charge in [0, 0.05) is 19.3 Å². The van der Waals surface area contributed by atoms with E-state index in [1.807, 2.05) is 19.1 Å². The number of carbonyl (C=O) groups is 2. The Bertz CT molecular complexity index is 884. The predicted octanol–water partition coefficient (Wildman–Crippen LogP) is 5.94. The van der Waals surface area contributed by atoms with Crippen LogP contribution in [0.1, 0.15) is 51.6 Å². The number of hydrogen-bond acceptors (Lipinski definition) is 6. The third-order valence-corrected chi connectivity index (χ3v) is 10.8. The average molecular weight is 542 g/mol. The van der Waals surface area contributed by atoms with Crippen molar-refractivity contribution in [1.29, 1.82) is 0 Å². The summed E-state index contributed by atoms with van der Waals surface area (Å²) in [6.07, 6.45) is 0.853. The standard InChI is InChI=1S/C25H37BrO6Si/c1-18(26)17-25(22(27)29-6,23(28)30-7)16-10-11-21(32-33(8,9)24(3,4)5)15-14-20-13-12-19(2)31-20/h12-13,21H,1,14-17H2,2-9H3. The van der Waals surface area contributed by atoms with Crippen molar-refractivity contribution in [3.05, 3.63) is 34.7 Å². The van der Waals surface area contributed by atoms with Crippen LogP contribution in [-0.4, -0.2) is 40.6 Å². The zero-order chi connectivity index (χ0) is 25.4. The van der Waals surface area contributed by atoms with Gasteiger partial charge in [-0.25, -0.2) is 0 Å². The quantitative estimate of drug-likeness (QED) is 0.158. The van der Waals surface area contributed by atoms with Crippen LogP contribution in [-0.2, 0) is 29.9 Å². The summed E-state index contributed by atoms with van der Waals surface area (Å²) in [5, 5.41) is 0.00367. The molecule has 184 valence electrons. The van der Waals surface area contributed by atoms with E-state index in [-0.39, 0.29) is 24.0 Å². The van der Waals surface area contributed by atoms with Gasteiger partial charge in [0.15, 0.2) is 13.7 Å². The molecule has 0 radical (unpaired) electrons. The molecule has 0 N–H and O–H groups in total. The number of furan rings is 1. The summed E-state index contributed by atoms with van der Waals surface area (Å²) in [6, 6.07) is 3.88. The molecular formula is C25H37BrO6Si. The van der Waals surface area contributed by atoms with E-state index in [0.29, 0.717) is 17.3 Å². The van der Waals surface area contributed by atoms with Gasteiger partial charge in [-0.05, 0) is 48.1 Å². The Balaban J connectivity index is 3.25. The molecule has 1 aromatic rings. The van der Waals surface area contributed by atoms with Crippen LogP contribution < -0.4 is 0 Å². The fourth-order valence-corrected chi connectivity index (χ4v) is 4.77. The van der Waals surface area contributed by atoms with Gasteiger partial charge in [0.1, 0.15) is 17.6 Å². The highest BCUT2D eigenvalue weighted by Gasteiger charge is 2.48. The topological polar surface area (TPSA) is 75.0 Å². The first-order chi connectivity index (χ1) is 15.2. The number of rotatable bonds is 10. The van der Waals surface area contributed by atoms with Crippen LogP contribution in [0.3, 0.4) is 0 Å². The van der Waals surface area contributed by atoms with Crippen LogP contribution in [0.4, 0.5) is 0 Å². The minimum Gasteiger partial charge on any atom is -0.468 e. The number of allylic oxidation sites excluding steroid dienone is 1. The number of carbonyl (C=O) groups excluding carboxylic acids is 2. The lowest BCUT2D eigenvalue weighted by Crippen LogP contribution is -2.44. The van der Waals surface area contributed by atoms with Crippen molar-refractivity contribution in [3.8, 4) is 11.8 Å². The van der Waals surface area contributed by atoms with Crippen molar-refractivity contribution < 1.29 is 27.9 Å². The second-order valence-corrected chi connectivity index (χ2v) is 15.6. The highest BCUT2D eigenvalue weighted by atomic mass is 79.9. The smallest absolute Gasteiger partial charge is 0.324 e. The molecule has 0 aliphatic rings. The van der Waals surface area contributed by atoms with Gasteiger partial charge in [-0.15, -0.1) is 0 Å². The minimum absolute atomic E-state index is 0.00367. The first kappa shape index (κ1) is 29.2. The zero-order valence-corrected chi connectivity index (χ0v) is 23.7. The van der Waals surface area contributed by atoms with Crippen LogP contribution in [0.15, 0.2) is 27.6 Å². The van der Waals surface area contributed by atoms with E-state index in [0.717, 1.165) is 11.5 Å². The maximum Gasteiger partial charge on any atom is 0.324 e. The van der Waals surface area contributed by atoms with Crippen molar-refractivity contribution >= 4 is 36.2 Å². The highest BCUT2D eigenvalue weighted by molar-refractivity contribution is 9.11. The molecule has 0 amide bonds. The van der Waals surface area contributed by atoms with Gasteiger partial charge in [-0.3, -0.25) is 9.59 Å². The summed E-state index contributed by atoms with van der Waals surface area (Å²) < 4.78 is 22.6. The van der Waals surface area contributed by atoms with Crippen LogP contribution in [0.2, 0.25) is 18.1 Å². The van der Waals surface area contributed by atoms with Crippen LogP contribution in [0, 0.1) is 24.2 Å². The fraction of sp³-hybridized carbons (Fsp3) is 0.600. The lowest BCUT2D eigenvalue weighted by molar-refractivity contribution is -0.168. The molecule has 0 saturated heterocycles.